The standard InChI is InChI=1S/C9H6ClNO5/c1-16-9(13)8-5(4-12)2-6(11(14)15)3-7(8)10/h2-4H,1H3. The predicted octanol–water partition coefficient (Wildman–Crippen LogP) is 1.85. The molecular formula is C9H6ClNO5. The van der Waals surface area contributed by atoms with Crippen LogP contribution in [0.15, 0.2) is 12.1 Å². The van der Waals surface area contributed by atoms with E-state index in [1.165, 1.54) is 0 Å². The zero-order chi connectivity index (χ0) is 12.3. The number of non-ortho nitro benzene ring substituents is 1. The van der Waals surface area contributed by atoms with Crippen molar-refractivity contribution in [2.24, 2.45) is 0 Å². The fourth-order valence-electron chi connectivity index (χ4n) is 1.13. The number of aldehydes is 1. The molecule has 16 heavy (non-hydrogen) atoms. The van der Waals surface area contributed by atoms with Gasteiger partial charge in [0.05, 0.1) is 22.6 Å². The molecule has 1 aromatic rings. The highest BCUT2D eigenvalue weighted by Crippen LogP contribution is 2.26. The topological polar surface area (TPSA) is 86.5 Å². The molecular weight excluding hydrogens is 238 g/mol. The van der Waals surface area contributed by atoms with Gasteiger partial charge < -0.3 is 4.74 Å². The summed E-state index contributed by atoms with van der Waals surface area (Å²) >= 11 is 5.67. The van der Waals surface area contributed by atoms with E-state index in [0.29, 0.717) is 6.29 Å². The maximum Gasteiger partial charge on any atom is 0.340 e. The third-order valence-corrected chi connectivity index (χ3v) is 2.13. The molecule has 7 heteroatoms. The van der Waals surface area contributed by atoms with Crippen LogP contribution < -0.4 is 0 Å². The highest BCUT2D eigenvalue weighted by molar-refractivity contribution is 6.34. The number of methoxy groups -OCH3 is 1. The van der Waals surface area contributed by atoms with Crippen molar-refractivity contribution in [2.75, 3.05) is 7.11 Å². The van der Waals surface area contributed by atoms with Crippen LogP contribution in [0.5, 0.6) is 0 Å². The lowest BCUT2D eigenvalue weighted by Crippen LogP contribution is -2.07. The highest BCUT2D eigenvalue weighted by Gasteiger charge is 2.20. The van der Waals surface area contributed by atoms with Gasteiger partial charge in [-0.2, -0.15) is 0 Å². The van der Waals surface area contributed by atoms with Gasteiger partial charge in [0.1, 0.15) is 0 Å². The third kappa shape index (κ3) is 2.17. The first kappa shape index (κ1) is 12.1. The molecule has 0 spiro atoms. The van der Waals surface area contributed by atoms with E-state index in [1.807, 2.05) is 0 Å². The second-order valence-corrected chi connectivity index (χ2v) is 3.17. The van der Waals surface area contributed by atoms with Gasteiger partial charge in [0.15, 0.2) is 6.29 Å². The fraction of sp³-hybridized carbons (Fsp3) is 0.111. The number of nitro benzene ring substituents is 1. The summed E-state index contributed by atoms with van der Waals surface area (Å²) in [6, 6.07) is 1.95. The van der Waals surface area contributed by atoms with Gasteiger partial charge in [-0.1, -0.05) is 11.6 Å². The Hall–Kier alpha value is -1.95. The first-order valence-corrected chi connectivity index (χ1v) is 4.40. The van der Waals surface area contributed by atoms with Crippen molar-refractivity contribution < 1.29 is 19.2 Å². The number of benzene rings is 1. The Balaban J connectivity index is 3.45. The van der Waals surface area contributed by atoms with Crippen LogP contribution in [0.4, 0.5) is 5.69 Å². The van der Waals surface area contributed by atoms with E-state index < -0.39 is 10.9 Å². The molecule has 1 rings (SSSR count). The van der Waals surface area contributed by atoms with Crippen molar-refractivity contribution in [1.29, 1.82) is 0 Å². The van der Waals surface area contributed by atoms with Crippen LogP contribution in [0.1, 0.15) is 20.7 Å². The van der Waals surface area contributed by atoms with Crippen LogP contribution in [0.2, 0.25) is 5.02 Å². The largest absolute Gasteiger partial charge is 0.465 e. The van der Waals surface area contributed by atoms with Crippen molar-refractivity contribution in [3.63, 3.8) is 0 Å². The van der Waals surface area contributed by atoms with Gasteiger partial charge in [-0.3, -0.25) is 14.9 Å². The van der Waals surface area contributed by atoms with Gasteiger partial charge in [-0.25, -0.2) is 4.79 Å². The summed E-state index contributed by atoms with van der Waals surface area (Å²) < 4.78 is 4.41. The number of halogens is 1. The molecule has 0 radical (unpaired) electrons. The Morgan fingerprint density at radius 2 is 2.19 bits per heavy atom. The van der Waals surface area contributed by atoms with Gasteiger partial charge in [0.25, 0.3) is 5.69 Å². The molecule has 0 amide bonds. The van der Waals surface area contributed by atoms with Crippen LogP contribution in [0, 0.1) is 10.1 Å². The Bertz CT molecular complexity index is 471. The number of nitrogens with zero attached hydrogens (tertiary/aromatic N) is 1. The van der Waals surface area contributed by atoms with Gasteiger partial charge >= 0.3 is 5.97 Å². The molecule has 0 aliphatic heterocycles. The molecule has 0 aromatic heterocycles. The lowest BCUT2D eigenvalue weighted by molar-refractivity contribution is -0.384. The van der Waals surface area contributed by atoms with Crippen LogP contribution >= 0.6 is 11.6 Å². The van der Waals surface area contributed by atoms with Gasteiger partial charge in [0.2, 0.25) is 0 Å². The number of ether oxygens (including phenoxy) is 1. The minimum absolute atomic E-state index is 0.175. The molecule has 1 aromatic carbocycles. The molecule has 0 heterocycles. The molecule has 0 saturated heterocycles. The molecule has 0 fully saturated rings. The van der Waals surface area contributed by atoms with Gasteiger partial charge in [0, 0.05) is 17.7 Å². The molecule has 0 unspecified atom stereocenters. The molecule has 0 aliphatic carbocycles. The van der Waals surface area contributed by atoms with Gasteiger partial charge in [-0.05, 0) is 0 Å². The summed E-state index contributed by atoms with van der Waals surface area (Å²) in [5.41, 5.74) is -0.712. The Morgan fingerprint density at radius 1 is 1.56 bits per heavy atom. The zero-order valence-corrected chi connectivity index (χ0v) is 8.85. The predicted molar refractivity (Wildman–Crippen MR) is 54.8 cm³/mol. The number of rotatable bonds is 3. The maximum atomic E-state index is 11.3. The summed E-state index contributed by atoms with van der Waals surface area (Å²) in [6.45, 7) is 0. The normalized spacial score (nSPS) is 9.62. The van der Waals surface area contributed by atoms with E-state index in [9.17, 15) is 19.7 Å². The first-order chi connectivity index (χ1) is 7.51. The lowest BCUT2D eigenvalue weighted by atomic mass is 10.1. The second-order valence-electron chi connectivity index (χ2n) is 2.76. The summed E-state index contributed by atoms with van der Waals surface area (Å²) in [7, 11) is 1.12. The molecule has 0 bridgehead atoms. The van der Waals surface area contributed by atoms with E-state index in [0.717, 1.165) is 19.2 Å². The fourth-order valence-corrected chi connectivity index (χ4v) is 1.43. The second kappa shape index (κ2) is 4.71. The Kier molecular flexibility index (Phi) is 3.57. The summed E-state index contributed by atoms with van der Waals surface area (Å²) in [6.07, 6.45) is 0.311. The first-order valence-electron chi connectivity index (χ1n) is 4.02. The van der Waals surface area contributed by atoms with E-state index >= 15 is 0 Å². The van der Waals surface area contributed by atoms with Gasteiger partial charge in [-0.15, -0.1) is 0 Å². The number of esters is 1. The Morgan fingerprint density at radius 3 is 2.62 bits per heavy atom. The van der Waals surface area contributed by atoms with E-state index in [2.05, 4.69) is 4.74 Å². The Labute approximate surface area is 94.9 Å². The van der Waals surface area contributed by atoms with Crippen molar-refractivity contribution >= 4 is 29.5 Å². The smallest absolute Gasteiger partial charge is 0.340 e. The monoisotopic (exact) mass is 243 g/mol. The van der Waals surface area contributed by atoms with Crippen molar-refractivity contribution in [3.05, 3.63) is 38.4 Å². The van der Waals surface area contributed by atoms with Crippen molar-refractivity contribution in [1.82, 2.24) is 0 Å². The molecule has 84 valence electrons. The number of carbonyl (C=O) groups is 2. The highest BCUT2D eigenvalue weighted by atomic mass is 35.5. The average Bonchev–Trinajstić information content (AvgIpc) is 2.26. The van der Waals surface area contributed by atoms with Crippen LogP contribution in [-0.4, -0.2) is 24.3 Å². The number of carbonyl (C=O) groups excluding carboxylic acids is 2. The number of hydrogen-bond acceptors (Lipinski definition) is 5. The maximum absolute atomic E-state index is 11.3. The SMILES string of the molecule is COC(=O)c1c(Cl)cc([N+](=O)[O-])cc1C=O. The minimum Gasteiger partial charge on any atom is -0.465 e. The molecule has 6 nitrogen and oxygen atoms in total. The van der Waals surface area contributed by atoms with Crippen molar-refractivity contribution in [3.8, 4) is 0 Å². The summed E-state index contributed by atoms with van der Waals surface area (Å²) in [5.74, 6) is -0.818. The van der Waals surface area contributed by atoms with E-state index in [-0.39, 0.29) is 21.8 Å². The summed E-state index contributed by atoms with van der Waals surface area (Å²) in [5, 5.41) is 10.3. The number of nitro groups is 1. The zero-order valence-electron chi connectivity index (χ0n) is 8.10. The summed E-state index contributed by atoms with van der Waals surface area (Å²) in [4.78, 5) is 31.7. The molecule has 0 N–H and O–H groups in total. The molecule has 0 saturated carbocycles. The molecule has 0 aliphatic rings. The van der Waals surface area contributed by atoms with Crippen LogP contribution in [0.25, 0.3) is 0 Å². The van der Waals surface area contributed by atoms with Crippen LogP contribution in [-0.2, 0) is 4.74 Å². The lowest BCUT2D eigenvalue weighted by Gasteiger charge is -2.04. The third-order valence-electron chi connectivity index (χ3n) is 1.83. The minimum atomic E-state index is -0.818. The molecule has 0 atom stereocenters. The number of hydrogen-bond donors (Lipinski definition) is 0. The average molecular weight is 244 g/mol. The van der Waals surface area contributed by atoms with E-state index in [1.54, 1.807) is 0 Å². The van der Waals surface area contributed by atoms with E-state index in [4.69, 9.17) is 11.6 Å². The quantitative estimate of drug-likeness (QED) is 0.350. The van der Waals surface area contributed by atoms with Crippen molar-refractivity contribution in [2.45, 2.75) is 0 Å². The van der Waals surface area contributed by atoms with Crippen LogP contribution in [0.3, 0.4) is 0 Å².